The number of halogens is 2. The van der Waals surface area contributed by atoms with E-state index in [0.717, 1.165) is 12.7 Å². The zero-order valence-corrected chi connectivity index (χ0v) is 30.2. The van der Waals surface area contributed by atoms with Gasteiger partial charge in [-0.1, -0.05) is 17.4 Å². The average molecular weight is 846 g/mol. The predicted molar refractivity (Wildman–Crippen MR) is 183 cm³/mol. The molecule has 4 rings (SSSR count). The minimum atomic E-state index is -0.798. The fourth-order valence-corrected chi connectivity index (χ4v) is 7.77. The molecule has 44 heavy (non-hydrogen) atoms. The molecule has 0 fully saturated rings. The molecule has 0 saturated carbocycles. The molecule has 1 aliphatic heterocycles. The SMILES string of the molecule is CCOC(=O)COc1c(I)cc(/C=c2\sc3n(c2=O)[C@H](c2ccc(OC(C)C)c(OC)c2)C(C(=O)OCC)=C(C)N=3)cc1I. The van der Waals surface area contributed by atoms with Crippen molar-refractivity contribution in [1.82, 2.24) is 4.57 Å². The summed E-state index contributed by atoms with van der Waals surface area (Å²) in [5.74, 6) is 0.598. The van der Waals surface area contributed by atoms with Gasteiger partial charge in [0.1, 0.15) is 5.75 Å². The van der Waals surface area contributed by atoms with Crippen molar-refractivity contribution in [3.05, 3.63) is 79.6 Å². The summed E-state index contributed by atoms with van der Waals surface area (Å²) < 4.78 is 31.1. The molecule has 0 saturated heterocycles. The standard InChI is InChI=1S/C31H32I2N2O8S/c1-7-40-25(36)15-42-28-20(32)11-18(12-21(28)33)13-24-29(37)35-27(19-9-10-22(43-16(3)4)23(14-19)39-6)26(30(38)41-8-2)17(5)34-31(35)44-24/h9-14,16,27H,7-8,15H2,1-6H3/b24-13-/t27-/m1/s1. The van der Waals surface area contributed by atoms with E-state index in [9.17, 15) is 14.4 Å². The number of aromatic nitrogens is 1. The number of benzene rings is 2. The Hall–Kier alpha value is -2.92. The molecule has 234 valence electrons. The summed E-state index contributed by atoms with van der Waals surface area (Å²) in [7, 11) is 1.54. The minimum absolute atomic E-state index is 0.0750. The molecule has 13 heteroatoms. The Kier molecular flexibility index (Phi) is 11.5. The largest absolute Gasteiger partial charge is 0.493 e. The van der Waals surface area contributed by atoms with Gasteiger partial charge in [-0.15, -0.1) is 0 Å². The van der Waals surface area contributed by atoms with Gasteiger partial charge in [0, 0.05) is 0 Å². The first-order chi connectivity index (χ1) is 21.0. The molecule has 0 unspecified atom stereocenters. The van der Waals surface area contributed by atoms with E-state index in [1.807, 2.05) is 32.0 Å². The van der Waals surface area contributed by atoms with Crippen molar-refractivity contribution in [1.29, 1.82) is 0 Å². The fourth-order valence-electron chi connectivity index (χ4n) is 4.60. The maximum Gasteiger partial charge on any atom is 0.344 e. The van der Waals surface area contributed by atoms with Crippen LogP contribution in [-0.2, 0) is 19.1 Å². The third kappa shape index (κ3) is 7.47. The molecule has 1 aliphatic rings. The summed E-state index contributed by atoms with van der Waals surface area (Å²) in [6.07, 6.45) is 1.71. The lowest BCUT2D eigenvalue weighted by Gasteiger charge is -2.25. The highest BCUT2D eigenvalue weighted by Crippen LogP contribution is 2.36. The Labute approximate surface area is 286 Å². The monoisotopic (exact) mass is 846 g/mol. The van der Waals surface area contributed by atoms with Gasteiger partial charge in [0.15, 0.2) is 22.9 Å². The van der Waals surface area contributed by atoms with E-state index in [4.69, 9.17) is 23.7 Å². The summed E-state index contributed by atoms with van der Waals surface area (Å²) in [5, 5.41) is 0. The molecular formula is C31H32I2N2O8S. The molecule has 0 bridgehead atoms. The van der Waals surface area contributed by atoms with Crippen LogP contribution in [0.2, 0.25) is 0 Å². The van der Waals surface area contributed by atoms with Crippen LogP contribution in [0, 0.1) is 7.14 Å². The zero-order chi connectivity index (χ0) is 32.1. The third-order valence-corrected chi connectivity index (χ3v) is 8.93. The van der Waals surface area contributed by atoms with Crippen molar-refractivity contribution in [2.24, 2.45) is 4.99 Å². The molecule has 0 amide bonds. The third-order valence-electron chi connectivity index (χ3n) is 6.34. The molecular weight excluding hydrogens is 814 g/mol. The Morgan fingerprint density at radius 1 is 1.07 bits per heavy atom. The highest BCUT2D eigenvalue weighted by Gasteiger charge is 2.34. The van der Waals surface area contributed by atoms with E-state index >= 15 is 0 Å². The van der Waals surface area contributed by atoms with Crippen LogP contribution in [0.5, 0.6) is 17.2 Å². The summed E-state index contributed by atoms with van der Waals surface area (Å²) in [5.41, 5.74) is 1.85. The number of rotatable bonds is 11. The molecule has 10 nitrogen and oxygen atoms in total. The average Bonchev–Trinajstić information content (AvgIpc) is 3.25. The van der Waals surface area contributed by atoms with E-state index in [2.05, 4.69) is 50.2 Å². The maximum absolute atomic E-state index is 14.0. The fraction of sp³-hybridized carbons (Fsp3) is 0.355. The molecule has 3 aromatic rings. The number of hydrogen-bond acceptors (Lipinski definition) is 10. The second-order valence-electron chi connectivity index (χ2n) is 9.79. The molecule has 0 spiro atoms. The molecule has 1 aromatic heterocycles. The molecule has 2 heterocycles. The first-order valence-electron chi connectivity index (χ1n) is 13.8. The number of methoxy groups -OCH3 is 1. The molecule has 0 radical (unpaired) electrons. The van der Waals surface area contributed by atoms with Crippen LogP contribution in [-0.4, -0.2) is 49.5 Å². The van der Waals surface area contributed by atoms with Gasteiger partial charge in [0.05, 0.1) is 55.4 Å². The van der Waals surface area contributed by atoms with Gasteiger partial charge < -0.3 is 23.7 Å². The lowest BCUT2D eigenvalue weighted by Crippen LogP contribution is -2.40. The smallest absolute Gasteiger partial charge is 0.344 e. The van der Waals surface area contributed by atoms with Gasteiger partial charge >= 0.3 is 11.9 Å². The van der Waals surface area contributed by atoms with Crippen molar-refractivity contribution in [3.63, 3.8) is 0 Å². The van der Waals surface area contributed by atoms with Crippen molar-refractivity contribution < 1.29 is 33.3 Å². The number of nitrogens with zero attached hydrogens (tertiary/aromatic N) is 2. The van der Waals surface area contributed by atoms with Crippen LogP contribution in [0.1, 0.15) is 51.8 Å². The van der Waals surface area contributed by atoms with E-state index < -0.39 is 18.0 Å². The van der Waals surface area contributed by atoms with Gasteiger partial charge in [-0.05, 0) is 121 Å². The first kappa shape index (κ1) is 34.0. The number of ether oxygens (including phenoxy) is 5. The van der Waals surface area contributed by atoms with Crippen LogP contribution >= 0.6 is 56.5 Å². The topological polar surface area (TPSA) is 115 Å². The summed E-state index contributed by atoms with van der Waals surface area (Å²) >= 11 is 5.50. The lowest BCUT2D eigenvalue weighted by molar-refractivity contribution is -0.145. The number of carbonyl (C=O) groups excluding carboxylic acids is 2. The first-order valence-corrected chi connectivity index (χ1v) is 16.8. The Bertz CT molecular complexity index is 1770. The number of fused-ring (bicyclic) bond motifs is 1. The van der Waals surface area contributed by atoms with E-state index in [-0.39, 0.29) is 37.1 Å². The maximum atomic E-state index is 14.0. The lowest BCUT2D eigenvalue weighted by atomic mass is 9.95. The Morgan fingerprint density at radius 2 is 1.75 bits per heavy atom. The van der Waals surface area contributed by atoms with Crippen molar-refractivity contribution >= 4 is 74.5 Å². The van der Waals surface area contributed by atoms with Crippen molar-refractivity contribution in [3.8, 4) is 17.2 Å². The van der Waals surface area contributed by atoms with Crippen LogP contribution in [0.3, 0.4) is 0 Å². The normalized spacial score (nSPS) is 14.7. The van der Waals surface area contributed by atoms with E-state index in [1.54, 1.807) is 46.1 Å². The number of carbonyl (C=O) groups is 2. The van der Waals surface area contributed by atoms with Gasteiger partial charge in [0.2, 0.25) is 0 Å². The van der Waals surface area contributed by atoms with Gasteiger partial charge in [0.25, 0.3) is 5.56 Å². The highest BCUT2D eigenvalue weighted by atomic mass is 127. The number of thiazole rings is 1. The minimum Gasteiger partial charge on any atom is -0.493 e. The highest BCUT2D eigenvalue weighted by molar-refractivity contribution is 14.1. The van der Waals surface area contributed by atoms with Crippen LogP contribution in [0.25, 0.3) is 6.08 Å². The molecule has 0 aliphatic carbocycles. The second kappa shape index (κ2) is 14.9. The van der Waals surface area contributed by atoms with Crippen molar-refractivity contribution in [2.75, 3.05) is 26.9 Å². The quantitative estimate of drug-likeness (QED) is 0.201. The number of hydrogen-bond donors (Lipinski definition) is 0. The van der Waals surface area contributed by atoms with E-state index in [0.29, 0.717) is 37.8 Å². The molecule has 1 atom stereocenters. The Balaban J connectivity index is 1.83. The van der Waals surface area contributed by atoms with Crippen LogP contribution in [0.15, 0.2) is 51.4 Å². The van der Waals surface area contributed by atoms with Crippen LogP contribution in [0.4, 0.5) is 0 Å². The van der Waals surface area contributed by atoms with Crippen molar-refractivity contribution in [2.45, 2.75) is 46.8 Å². The number of allylic oxidation sites excluding steroid dienone is 1. The summed E-state index contributed by atoms with van der Waals surface area (Å²) in [6.45, 7) is 9.30. The van der Waals surface area contributed by atoms with Gasteiger partial charge in [-0.2, -0.15) is 0 Å². The van der Waals surface area contributed by atoms with Gasteiger partial charge in [-0.3, -0.25) is 9.36 Å². The predicted octanol–water partition coefficient (Wildman–Crippen LogP) is 4.75. The number of esters is 2. The zero-order valence-electron chi connectivity index (χ0n) is 25.1. The summed E-state index contributed by atoms with van der Waals surface area (Å²) in [4.78, 5) is 44.2. The molecule has 0 N–H and O–H groups in total. The Morgan fingerprint density at radius 3 is 2.36 bits per heavy atom. The summed E-state index contributed by atoms with van der Waals surface area (Å²) in [6, 6.07) is 8.31. The molecule has 2 aromatic carbocycles. The van der Waals surface area contributed by atoms with Gasteiger partial charge in [-0.25, -0.2) is 14.6 Å². The second-order valence-corrected chi connectivity index (χ2v) is 13.1. The van der Waals surface area contributed by atoms with E-state index in [1.165, 1.54) is 15.9 Å². The van der Waals surface area contributed by atoms with Crippen LogP contribution < -0.4 is 29.1 Å².